The van der Waals surface area contributed by atoms with Gasteiger partial charge in [-0.25, -0.2) is 0 Å². The average Bonchev–Trinajstić information content (AvgIpc) is 3.19. The van der Waals surface area contributed by atoms with Crippen LogP contribution >= 0.6 is 0 Å². The molecule has 0 bridgehead atoms. The molecule has 1 rings (SSSR count). The fourth-order valence-corrected chi connectivity index (χ4v) is 4.65. The van der Waals surface area contributed by atoms with Crippen LogP contribution in [0.1, 0.15) is 149 Å². The third-order valence-corrected chi connectivity index (χ3v) is 6.62. The Kier molecular flexibility index (Phi) is 23.3. The molecule has 0 aromatic rings. The van der Waals surface area contributed by atoms with E-state index in [0.29, 0.717) is 0 Å². The maximum Gasteiger partial charge on any atom is -0.0351 e. The van der Waals surface area contributed by atoms with Crippen LogP contribution < -0.4 is 0 Å². The lowest BCUT2D eigenvalue weighted by Crippen LogP contribution is -2.08. The molecule has 1 aliphatic rings. The van der Waals surface area contributed by atoms with Gasteiger partial charge in [0.05, 0.1) is 0 Å². The monoisotopic (exact) mass is 404 g/mol. The molecule has 0 aliphatic heterocycles. The van der Waals surface area contributed by atoms with Crippen molar-refractivity contribution < 1.29 is 0 Å². The molecule has 0 aromatic carbocycles. The summed E-state index contributed by atoms with van der Waals surface area (Å²) in [4.78, 5) is 0. The van der Waals surface area contributed by atoms with Gasteiger partial charge in [-0.3, -0.25) is 0 Å². The van der Waals surface area contributed by atoms with Gasteiger partial charge in [0.25, 0.3) is 0 Å². The van der Waals surface area contributed by atoms with Crippen molar-refractivity contribution in [2.45, 2.75) is 149 Å². The molecule has 29 heavy (non-hydrogen) atoms. The fraction of sp³-hybridized carbons (Fsp3) is 0.862. The summed E-state index contributed by atoms with van der Waals surface area (Å²) in [7, 11) is 0. The molecule has 2 atom stereocenters. The van der Waals surface area contributed by atoms with Crippen LogP contribution in [-0.4, -0.2) is 0 Å². The maximum atomic E-state index is 3.48. The first kappa shape index (κ1) is 28.5. The van der Waals surface area contributed by atoms with Gasteiger partial charge in [-0.1, -0.05) is 135 Å². The molecule has 0 aromatic heterocycles. The summed E-state index contributed by atoms with van der Waals surface area (Å²) in [5.74, 6) is 2.17. The van der Waals surface area contributed by atoms with Gasteiger partial charge in [-0.05, 0) is 43.9 Å². The van der Waals surface area contributed by atoms with Crippen LogP contribution in [0.3, 0.4) is 0 Å². The van der Waals surface area contributed by atoms with Crippen LogP contribution in [0.15, 0.2) is 24.8 Å². The van der Waals surface area contributed by atoms with E-state index in [1.165, 1.54) is 116 Å². The van der Waals surface area contributed by atoms with Crippen LogP contribution in [0.4, 0.5) is 0 Å². The maximum absolute atomic E-state index is 3.48. The summed E-state index contributed by atoms with van der Waals surface area (Å²) in [6, 6.07) is 0. The summed E-state index contributed by atoms with van der Waals surface area (Å²) in [6.07, 6.45) is 35.4. The van der Waals surface area contributed by atoms with Crippen molar-refractivity contribution in [1.29, 1.82) is 0 Å². The molecular formula is C29H56. The third-order valence-electron chi connectivity index (χ3n) is 6.62. The van der Waals surface area contributed by atoms with Crippen molar-refractivity contribution in [1.82, 2.24) is 0 Å². The van der Waals surface area contributed by atoms with Gasteiger partial charge >= 0.3 is 0 Å². The van der Waals surface area contributed by atoms with Crippen molar-refractivity contribution in [3.8, 4) is 0 Å². The van der Waals surface area contributed by atoms with Gasteiger partial charge in [-0.15, -0.1) is 6.58 Å². The number of allylic oxidation sites excluding steroid dienone is 3. The first-order valence-electron chi connectivity index (χ1n) is 13.6. The summed E-state index contributed by atoms with van der Waals surface area (Å²) in [6.45, 7) is 10.1. The van der Waals surface area contributed by atoms with E-state index in [1.807, 2.05) is 6.08 Å². The summed E-state index contributed by atoms with van der Waals surface area (Å²) < 4.78 is 0. The molecule has 0 spiro atoms. The van der Waals surface area contributed by atoms with Gasteiger partial charge < -0.3 is 0 Å². The quantitative estimate of drug-likeness (QED) is 0.157. The van der Waals surface area contributed by atoms with Gasteiger partial charge in [0.2, 0.25) is 0 Å². The minimum atomic E-state index is 1.08. The van der Waals surface area contributed by atoms with Crippen molar-refractivity contribution >= 4 is 0 Å². The summed E-state index contributed by atoms with van der Waals surface area (Å²) in [5, 5.41) is 0. The lowest BCUT2D eigenvalue weighted by atomic mass is 9.87. The van der Waals surface area contributed by atoms with E-state index in [9.17, 15) is 0 Å². The minimum absolute atomic E-state index is 1.08. The molecule has 1 aliphatic carbocycles. The smallest absolute Gasteiger partial charge is 0.0351 e. The minimum Gasteiger partial charge on any atom is -0.103 e. The highest BCUT2D eigenvalue weighted by Crippen LogP contribution is 2.38. The second-order valence-electron chi connectivity index (χ2n) is 9.31. The van der Waals surface area contributed by atoms with Crippen LogP contribution in [0.25, 0.3) is 0 Å². The highest BCUT2D eigenvalue weighted by atomic mass is 14.3. The van der Waals surface area contributed by atoms with E-state index >= 15 is 0 Å². The van der Waals surface area contributed by atoms with Crippen molar-refractivity contribution in [3.63, 3.8) is 0 Å². The predicted molar refractivity (Wildman–Crippen MR) is 136 cm³/mol. The van der Waals surface area contributed by atoms with E-state index in [-0.39, 0.29) is 0 Å². The van der Waals surface area contributed by atoms with Crippen LogP contribution in [0.5, 0.6) is 0 Å². The van der Waals surface area contributed by atoms with Crippen molar-refractivity contribution in [3.05, 3.63) is 24.8 Å². The van der Waals surface area contributed by atoms with Crippen LogP contribution in [-0.2, 0) is 0 Å². The SMILES string of the molecule is C=CCC.CCCCC/C=C/CCCCC[C@H]1CCC[C@@H]1CCCCCCCC. The summed E-state index contributed by atoms with van der Waals surface area (Å²) in [5.41, 5.74) is 0. The zero-order chi connectivity index (χ0) is 21.4. The predicted octanol–water partition coefficient (Wildman–Crippen LogP) is 10.8. The van der Waals surface area contributed by atoms with E-state index in [2.05, 4.69) is 39.5 Å². The largest absolute Gasteiger partial charge is 0.103 e. The van der Waals surface area contributed by atoms with Gasteiger partial charge in [0.1, 0.15) is 0 Å². The van der Waals surface area contributed by atoms with E-state index in [4.69, 9.17) is 0 Å². The molecule has 0 N–H and O–H groups in total. The van der Waals surface area contributed by atoms with Crippen LogP contribution in [0, 0.1) is 11.8 Å². The molecule has 0 radical (unpaired) electrons. The second-order valence-corrected chi connectivity index (χ2v) is 9.31. The van der Waals surface area contributed by atoms with Crippen molar-refractivity contribution in [2.75, 3.05) is 0 Å². The average molecular weight is 405 g/mol. The standard InChI is InChI=1S/C25H48.C4H8/c1-3-5-7-9-11-12-13-14-16-18-21-25-23-19-22-24(25)20-17-15-10-8-6-4-2;1-3-4-2/h11-12,24-25H,3-10,13-23H2,1-2H3;3H,1,4H2,2H3/b12-11+;/t24-,25-;/m0./s1. The highest BCUT2D eigenvalue weighted by Gasteiger charge is 2.25. The Morgan fingerprint density at radius 3 is 1.55 bits per heavy atom. The zero-order valence-electron chi connectivity index (χ0n) is 20.7. The van der Waals surface area contributed by atoms with E-state index < -0.39 is 0 Å². The fourth-order valence-electron chi connectivity index (χ4n) is 4.65. The topological polar surface area (TPSA) is 0 Å². The van der Waals surface area contributed by atoms with E-state index in [0.717, 1.165) is 18.3 Å². The van der Waals surface area contributed by atoms with Crippen molar-refractivity contribution in [2.24, 2.45) is 11.8 Å². The highest BCUT2D eigenvalue weighted by molar-refractivity contribution is 4.81. The third kappa shape index (κ3) is 19.2. The molecule has 0 saturated heterocycles. The Morgan fingerprint density at radius 1 is 0.621 bits per heavy atom. The molecule has 0 amide bonds. The lowest BCUT2D eigenvalue weighted by molar-refractivity contribution is 0.323. The first-order valence-corrected chi connectivity index (χ1v) is 13.6. The normalized spacial score (nSPS) is 18.7. The number of unbranched alkanes of at least 4 members (excludes halogenated alkanes) is 11. The number of rotatable bonds is 18. The molecule has 0 unspecified atom stereocenters. The van der Waals surface area contributed by atoms with Crippen LogP contribution in [0.2, 0.25) is 0 Å². The Labute approximate surface area is 186 Å². The Hall–Kier alpha value is -0.520. The summed E-state index contributed by atoms with van der Waals surface area (Å²) >= 11 is 0. The molecule has 0 heteroatoms. The molecule has 0 nitrogen and oxygen atoms in total. The van der Waals surface area contributed by atoms with E-state index in [1.54, 1.807) is 6.42 Å². The van der Waals surface area contributed by atoms with Gasteiger partial charge in [-0.2, -0.15) is 0 Å². The molecule has 1 fully saturated rings. The van der Waals surface area contributed by atoms with Gasteiger partial charge in [0, 0.05) is 0 Å². The molecule has 1 saturated carbocycles. The Morgan fingerprint density at radius 2 is 1.03 bits per heavy atom. The molecule has 172 valence electrons. The zero-order valence-corrected chi connectivity index (χ0v) is 20.7. The Balaban J connectivity index is 0.00000178. The first-order chi connectivity index (χ1) is 14.3. The number of hydrogen-bond acceptors (Lipinski definition) is 0. The molecule has 0 heterocycles. The lowest BCUT2D eigenvalue weighted by Gasteiger charge is -2.19. The second kappa shape index (κ2) is 23.8. The van der Waals surface area contributed by atoms with Gasteiger partial charge in [0.15, 0.2) is 0 Å². The molecular weight excluding hydrogens is 348 g/mol. The number of hydrogen-bond donors (Lipinski definition) is 0. The Bertz CT molecular complexity index is 340.